The number of pyridine rings is 1. The highest BCUT2D eigenvalue weighted by Crippen LogP contribution is 2.44. The predicted molar refractivity (Wildman–Crippen MR) is 222 cm³/mol. The zero-order chi connectivity index (χ0) is 35.2. The molecule has 0 bridgehead atoms. The Labute approximate surface area is 305 Å². The lowest BCUT2D eigenvalue weighted by Crippen LogP contribution is -2.12. The Balaban J connectivity index is 1.11. The predicted octanol–water partition coefficient (Wildman–Crippen LogP) is 12.8. The molecule has 13 rings (SSSR count). The number of aromatic nitrogens is 2. The molecule has 0 fully saturated rings. The summed E-state index contributed by atoms with van der Waals surface area (Å²) in [7, 11) is 0. The van der Waals surface area contributed by atoms with Crippen LogP contribution < -0.4 is 5.56 Å². The first-order chi connectivity index (χ1) is 26.7. The molecule has 54 heavy (non-hydrogen) atoms. The van der Waals surface area contributed by atoms with Crippen LogP contribution in [0.25, 0.3) is 120 Å². The van der Waals surface area contributed by atoms with Crippen molar-refractivity contribution in [3.8, 4) is 16.8 Å². The van der Waals surface area contributed by atoms with Gasteiger partial charge in [-0.25, -0.2) is 0 Å². The van der Waals surface area contributed by atoms with Crippen LogP contribution >= 0.6 is 0 Å². The molecule has 0 atom stereocenters. The number of rotatable bonds is 2. The average Bonchev–Trinajstić information content (AvgIpc) is 3.96. The number of fused-ring (bicyclic) bond motifs is 14. The molecule has 0 amide bonds. The number of para-hydroxylation sites is 3. The number of nitrogens with zero attached hydrogens (tertiary/aromatic N) is 2. The second-order valence-electron chi connectivity index (χ2n) is 14.4. The van der Waals surface area contributed by atoms with Gasteiger partial charge in [0.25, 0.3) is 5.56 Å². The Morgan fingerprint density at radius 3 is 1.89 bits per heavy atom. The average molecular weight is 691 g/mol. The number of hydrogen-bond donors (Lipinski definition) is 0. The molecular weight excluding hydrogens is 665 g/mol. The quantitative estimate of drug-likeness (QED) is 0.170. The topological polar surface area (TPSA) is 52.7 Å². The van der Waals surface area contributed by atoms with Gasteiger partial charge >= 0.3 is 0 Å². The van der Waals surface area contributed by atoms with Gasteiger partial charge in [-0.2, -0.15) is 0 Å². The molecule has 0 saturated carbocycles. The lowest BCUT2D eigenvalue weighted by Gasteiger charge is -2.11. The molecule has 250 valence electrons. The van der Waals surface area contributed by atoms with E-state index in [0.717, 1.165) is 110 Å². The first kappa shape index (κ1) is 28.2. The molecule has 0 aliphatic carbocycles. The van der Waals surface area contributed by atoms with Crippen LogP contribution in [-0.2, 0) is 0 Å². The van der Waals surface area contributed by atoms with Gasteiger partial charge in [0.05, 0.1) is 22.1 Å². The first-order valence-corrected chi connectivity index (χ1v) is 18.2. The third kappa shape index (κ3) is 3.51. The van der Waals surface area contributed by atoms with Gasteiger partial charge in [0.1, 0.15) is 22.3 Å². The molecule has 5 aromatic heterocycles. The summed E-state index contributed by atoms with van der Waals surface area (Å²) in [6.07, 6.45) is 0. The molecule has 8 aromatic carbocycles. The van der Waals surface area contributed by atoms with E-state index in [1.807, 2.05) is 46.9 Å². The fraction of sp³-hybridized carbons (Fsp3) is 0. The fourth-order valence-electron chi connectivity index (χ4n) is 9.35. The van der Waals surface area contributed by atoms with Crippen molar-refractivity contribution in [2.75, 3.05) is 0 Å². The number of furan rings is 2. The summed E-state index contributed by atoms with van der Waals surface area (Å²) in [6.45, 7) is 0. The molecule has 13 aromatic rings. The van der Waals surface area contributed by atoms with E-state index < -0.39 is 0 Å². The van der Waals surface area contributed by atoms with Crippen molar-refractivity contribution in [3.05, 3.63) is 168 Å². The molecule has 5 nitrogen and oxygen atoms in total. The maximum atomic E-state index is 14.0. The fourth-order valence-corrected chi connectivity index (χ4v) is 9.35. The van der Waals surface area contributed by atoms with Crippen LogP contribution in [0, 0.1) is 0 Å². The summed E-state index contributed by atoms with van der Waals surface area (Å²) < 4.78 is 17.2. The van der Waals surface area contributed by atoms with Crippen LogP contribution in [-0.4, -0.2) is 8.97 Å². The van der Waals surface area contributed by atoms with E-state index >= 15 is 0 Å². The first-order valence-electron chi connectivity index (χ1n) is 18.2. The van der Waals surface area contributed by atoms with Gasteiger partial charge in [0, 0.05) is 59.5 Å². The second-order valence-corrected chi connectivity index (χ2v) is 14.4. The third-order valence-electron chi connectivity index (χ3n) is 11.6. The minimum Gasteiger partial charge on any atom is -0.456 e. The van der Waals surface area contributed by atoms with E-state index in [0.29, 0.717) is 5.39 Å². The normalized spacial score (nSPS) is 12.5. The van der Waals surface area contributed by atoms with Crippen LogP contribution in [0.4, 0.5) is 0 Å². The monoisotopic (exact) mass is 690 g/mol. The highest BCUT2D eigenvalue weighted by atomic mass is 16.3. The van der Waals surface area contributed by atoms with Crippen molar-refractivity contribution in [1.82, 2.24) is 8.97 Å². The Bertz CT molecular complexity index is 3820. The Kier molecular flexibility index (Phi) is 5.20. The van der Waals surface area contributed by atoms with Gasteiger partial charge in [-0.1, -0.05) is 84.9 Å². The summed E-state index contributed by atoms with van der Waals surface area (Å²) in [4.78, 5) is 14.0. The van der Waals surface area contributed by atoms with Gasteiger partial charge in [0.2, 0.25) is 0 Å². The largest absolute Gasteiger partial charge is 0.456 e. The highest BCUT2D eigenvalue weighted by Gasteiger charge is 2.22. The maximum Gasteiger partial charge on any atom is 0.263 e. The van der Waals surface area contributed by atoms with Crippen LogP contribution in [0.2, 0.25) is 0 Å². The molecule has 5 heteroatoms. The molecule has 0 aliphatic heterocycles. The molecule has 5 heterocycles. The molecule has 0 radical (unpaired) electrons. The number of benzene rings is 8. The van der Waals surface area contributed by atoms with Crippen molar-refractivity contribution in [1.29, 1.82) is 0 Å². The van der Waals surface area contributed by atoms with Crippen LogP contribution in [0.1, 0.15) is 0 Å². The van der Waals surface area contributed by atoms with Gasteiger partial charge in [-0.15, -0.1) is 0 Å². The van der Waals surface area contributed by atoms with E-state index in [-0.39, 0.29) is 5.56 Å². The second kappa shape index (κ2) is 9.94. The summed E-state index contributed by atoms with van der Waals surface area (Å²) in [5.74, 6) is 0. The standard InChI is InChI=1S/C49H26N2O3/c52-49-34-14-2-1-10-30(34)37-22-27(23-38-32-12-4-7-17-41(32)51(49)48(37)38)29-15-9-19-45-47(29)39-24-28(20-21-44(39)53-45)50-40-16-6-3-11-31(40)35-26-46-36(25-42(35)50)33-13-5-8-18-43(33)54-46/h1-26H. The van der Waals surface area contributed by atoms with Gasteiger partial charge < -0.3 is 13.4 Å². The van der Waals surface area contributed by atoms with Gasteiger partial charge in [-0.05, 0) is 89.3 Å². The smallest absolute Gasteiger partial charge is 0.263 e. The van der Waals surface area contributed by atoms with Crippen LogP contribution in [0.5, 0.6) is 0 Å². The molecule has 0 aliphatic rings. The van der Waals surface area contributed by atoms with Crippen molar-refractivity contribution in [2.45, 2.75) is 0 Å². The Morgan fingerprint density at radius 2 is 1.04 bits per heavy atom. The van der Waals surface area contributed by atoms with E-state index in [1.165, 1.54) is 5.39 Å². The maximum absolute atomic E-state index is 14.0. The number of hydrogen-bond acceptors (Lipinski definition) is 3. The lowest BCUT2D eigenvalue weighted by atomic mass is 9.95. The Hall–Kier alpha value is -7.37. The summed E-state index contributed by atoms with van der Waals surface area (Å²) >= 11 is 0. The zero-order valence-electron chi connectivity index (χ0n) is 28.6. The lowest BCUT2D eigenvalue weighted by molar-refractivity contribution is 0.669. The minimum atomic E-state index is 0.0132. The highest BCUT2D eigenvalue weighted by molar-refractivity contribution is 6.23. The summed E-state index contributed by atoms with van der Waals surface area (Å²) in [5.41, 5.74) is 10.8. The molecule has 0 unspecified atom stereocenters. The van der Waals surface area contributed by atoms with Crippen molar-refractivity contribution < 1.29 is 8.83 Å². The summed E-state index contributed by atoms with van der Waals surface area (Å²) in [6, 6.07) is 54.9. The molecule has 0 saturated heterocycles. The van der Waals surface area contributed by atoms with E-state index in [2.05, 4.69) is 120 Å². The Morgan fingerprint density at radius 1 is 0.389 bits per heavy atom. The molecular formula is C49H26N2O3. The SMILES string of the molecule is O=c1c2ccccc2c2cc(-c3cccc4oc5ccc(-n6c7ccccc7c7cc8oc9ccccc9c8cc76)cc5c34)cc3c4ccccc4n1c23. The zero-order valence-corrected chi connectivity index (χ0v) is 28.6. The van der Waals surface area contributed by atoms with Crippen LogP contribution in [0.15, 0.2) is 171 Å². The third-order valence-corrected chi connectivity index (χ3v) is 11.6. The molecule has 0 spiro atoms. The van der Waals surface area contributed by atoms with Crippen LogP contribution in [0.3, 0.4) is 0 Å². The van der Waals surface area contributed by atoms with E-state index in [1.54, 1.807) is 0 Å². The molecule has 0 N–H and O–H groups in total. The summed E-state index contributed by atoms with van der Waals surface area (Å²) in [5, 5.41) is 11.5. The van der Waals surface area contributed by atoms with E-state index in [9.17, 15) is 4.79 Å². The van der Waals surface area contributed by atoms with Crippen molar-refractivity contribution in [3.63, 3.8) is 0 Å². The van der Waals surface area contributed by atoms with Gasteiger partial charge in [0.15, 0.2) is 0 Å². The van der Waals surface area contributed by atoms with Crippen molar-refractivity contribution >= 4 is 104 Å². The van der Waals surface area contributed by atoms with Gasteiger partial charge in [-0.3, -0.25) is 9.20 Å². The van der Waals surface area contributed by atoms with Crippen molar-refractivity contribution in [2.24, 2.45) is 0 Å². The van der Waals surface area contributed by atoms with E-state index in [4.69, 9.17) is 8.83 Å². The minimum absolute atomic E-state index is 0.0132.